The summed E-state index contributed by atoms with van der Waals surface area (Å²) in [7, 11) is 1.93. The van der Waals surface area contributed by atoms with E-state index < -0.39 is 0 Å². The Labute approximate surface area is 210 Å². The predicted molar refractivity (Wildman–Crippen MR) is 137 cm³/mol. The minimum atomic E-state index is 0.418. The molecular weight excluding hydrogens is 480 g/mol. The number of rotatable bonds is 6. The number of aromatic nitrogens is 4. The topological polar surface area (TPSA) is 96.5 Å². The molecule has 0 atom stereocenters. The Hall–Kier alpha value is -4.19. The van der Waals surface area contributed by atoms with Crippen molar-refractivity contribution in [1.29, 1.82) is 5.26 Å². The van der Waals surface area contributed by atoms with Crippen LogP contribution in [0, 0.1) is 11.3 Å². The molecule has 0 aliphatic heterocycles. The number of hydrogen-bond acceptors (Lipinski definition) is 7. The first-order chi connectivity index (χ1) is 17.1. The molecule has 0 aliphatic rings. The number of pyridine rings is 2. The van der Waals surface area contributed by atoms with Gasteiger partial charge in [0.1, 0.15) is 6.07 Å². The molecule has 0 spiro atoms. The van der Waals surface area contributed by atoms with E-state index in [2.05, 4.69) is 26.3 Å². The number of carbonyl (C=O) groups is 1. The molecule has 9 heteroatoms. The van der Waals surface area contributed by atoms with Gasteiger partial charge in [-0.05, 0) is 42.5 Å². The first-order valence-corrected chi connectivity index (χ1v) is 11.7. The van der Waals surface area contributed by atoms with Gasteiger partial charge in [-0.1, -0.05) is 29.4 Å². The second-order valence-corrected chi connectivity index (χ2v) is 9.09. The van der Waals surface area contributed by atoms with Gasteiger partial charge in [0, 0.05) is 58.9 Å². The molecule has 5 aromatic rings. The fourth-order valence-electron chi connectivity index (χ4n) is 3.57. The molecule has 0 amide bonds. The molecule has 0 aliphatic carbocycles. The average Bonchev–Trinajstić information content (AvgIpc) is 3.29. The van der Waals surface area contributed by atoms with Gasteiger partial charge in [-0.2, -0.15) is 5.26 Å². The summed E-state index contributed by atoms with van der Waals surface area (Å²) in [6.45, 7) is 0. The number of carbonyl (C=O) groups excluding carboxylic acids is 1. The number of nitriles is 1. The summed E-state index contributed by atoms with van der Waals surface area (Å²) in [5, 5.41) is 15.3. The van der Waals surface area contributed by atoms with Gasteiger partial charge in [-0.3, -0.25) is 14.8 Å². The van der Waals surface area contributed by atoms with Crippen LogP contribution in [-0.2, 0) is 7.05 Å². The molecule has 5 rings (SSSR count). The summed E-state index contributed by atoms with van der Waals surface area (Å²) in [6.07, 6.45) is 7.46. The molecule has 3 aromatic heterocycles. The molecule has 0 fully saturated rings. The molecule has 1 N–H and O–H groups in total. The number of imidazole rings is 1. The zero-order valence-electron chi connectivity index (χ0n) is 18.4. The normalized spacial score (nSPS) is 10.8. The number of nitrogens with zero attached hydrogens (tertiary/aromatic N) is 5. The summed E-state index contributed by atoms with van der Waals surface area (Å²) in [4.78, 5) is 24.9. The van der Waals surface area contributed by atoms with Crippen LogP contribution < -0.4 is 5.32 Å². The molecule has 2 aromatic carbocycles. The van der Waals surface area contributed by atoms with Crippen LogP contribution in [0.25, 0.3) is 22.2 Å². The Kier molecular flexibility index (Phi) is 6.19. The SMILES string of the molecule is Cn1ccnc1Sc1ccc(Nc2c(C#N)cnc3cc(-c4ccc(C=O)cn4)ccc23)cc1Cl. The van der Waals surface area contributed by atoms with Crippen molar-refractivity contribution in [3.63, 3.8) is 0 Å². The Morgan fingerprint density at radius 3 is 2.66 bits per heavy atom. The third-order valence-corrected chi connectivity index (χ3v) is 6.96. The minimum Gasteiger partial charge on any atom is -0.354 e. The number of nitrogens with one attached hydrogen (secondary N) is 1. The van der Waals surface area contributed by atoms with Crippen molar-refractivity contribution in [2.24, 2.45) is 7.05 Å². The Balaban J connectivity index is 1.48. The van der Waals surface area contributed by atoms with Crippen molar-refractivity contribution < 1.29 is 4.79 Å². The van der Waals surface area contributed by atoms with Crippen LogP contribution in [0.5, 0.6) is 0 Å². The standard InChI is InChI=1S/C26H17ClN6OS/c1-33-9-8-29-26(33)35-24-7-4-19(11-21(24)27)32-25-18(12-28)14-31-23-10-17(3-5-20(23)25)22-6-2-16(15-34)13-30-22/h2-11,13-15H,1H3,(H,31,32). The fraction of sp³-hybridized carbons (Fsp3) is 0.0385. The Morgan fingerprint density at radius 1 is 1.09 bits per heavy atom. The number of hydrogen-bond donors (Lipinski definition) is 1. The van der Waals surface area contributed by atoms with Crippen molar-refractivity contribution in [1.82, 2.24) is 19.5 Å². The van der Waals surface area contributed by atoms with E-state index in [9.17, 15) is 10.1 Å². The van der Waals surface area contributed by atoms with E-state index in [-0.39, 0.29) is 0 Å². The lowest BCUT2D eigenvalue weighted by molar-refractivity contribution is 0.112. The summed E-state index contributed by atoms with van der Waals surface area (Å²) in [5.41, 5.74) is 4.62. The Bertz CT molecular complexity index is 1610. The highest BCUT2D eigenvalue weighted by Crippen LogP contribution is 2.36. The third-order valence-electron chi connectivity index (χ3n) is 5.39. The largest absolute Gasteiger partial charge is 0.354 e. The van der Waals surface area contributed by atoms with Crippen molar-refractivity contribution >= 4 is 51.9 Å². The summed E-state index contributed by atoms with van der Waals surface area (Å²) < 4.78 is 1.93. The van der Waals surface area contributed by atoms with Gasteiger partial charge in [0.25, 0.3) is 0 Å². The number of aldehydes is 1. The molecule has 3 heterocycles. The molecular formula is C26H17ClN6OS. The van der Waals surface area contributed by atoms with Crippen LogP contribution in [0.1, 0.15) is 15.9 Å². The van der Waals surface area contributed by atoms with Crippen LogP contribution in [0.3, 0.4) is 0 Å². The van der Waals surface area contributed by atoms with Crippen LogP contribution in [0.15, 0.2) is 83.4 Å². The molecule has 35 heavy (non-hydrogen) atoms. The van der Waals surface area contributed by atoms with Crippen molar-refractivity contribution in [2.45, 2.75) is 10.1 Å². The van der Waals surface area contributed by atoms with Crippen molar-refractivity contribution in [3.8, 4) is 17.3 Å². The van der Waals surface area contributed by atoms with Crippen LogP contribution >= 0.6 is 23.4 Å². The molecule has 7 nitrogen and oxygen atoms in total. The van der Waals surface area contributed by atoms with E-state index in [4.69, 9.17) is 11.6 Å². The van der Waals surface area contributed by atoms with Gasteiger partial charge in [0.15, 0.2) is 11.4 Å². The highest BCUT2D eigenvalue weighted by Gasteiger charge is 2.13. The number of benzene rings is 2. The van der Waals surface area contributed by atoms with E-state index in [1.165, 1.54) is 18.0 Å². The molecule has 0 unspecified atom stereocenters. The van der Waals surface area contributed by atoms with E-state index in [0.717, 1.165) is 38.7 Å². The summed E-state index contributed by atoms with van der Waals surface area (Å²) >= 11 is 8.04. The van der Waals surface area contributed by atoms with Crippen molar-refractivity contribution in [2.75, 3.05) is 5.32 Å². The first kappa shape index (κ1) is 22.6. The van der Waals surface area contributed by atoms with Gasteiger partial charge < -0.3 is 9.88 Å². The number of anilines is 2. The molecule has 170 valence electrons. The van der Waals surface area contributed by atoms with Gasteiger partial charge in [0.05, 0.1) is 27.5 Å². The second kappa shape index (κ2) is 9.58. The quantitative estimate of drug-likeness (QED) is 0.277. The Morgan fingerprint density at radius 2 is 1.97 bits per heavy atom. The average molecular weight is 497 g/mol. The van der Waals surface area contributed by atoms with Gasteiger partial charge in [-0.25, -0.2) is 4.98 Å². The minimum absolute atomic E-state index is 0.418. The lowest BCUT2D eigenvalue weighted by atomic mass is 10.0. The van der Waals surface area contributed by atoms with Crippen LogP contribution in [0.4, 0.5) is 11.4 Å². The fourth-order valence-corrected chi connectivity index (χ4v) is 4.68. The predicted octanol–water partition coefficient (Wildman–Crippen LogP) is 6.26. The maximum atomic E-state index is 10.9. The van der Waals surface area contributed by atoms with Gasteiger partial charge in [0.2, 0.25) is 0 Å². The van der Waals surface area contributed by atoms with Gasteiger partial charge in [-0.15, -0.1) is 0 Å². The van der Waals surface area contributed by atoms with E-state index in [1.54, 1.807) is 24.5 Å². The lowest BCUT2D eigenvalue weighted by Crippen LogP contribution is -1.97. The number of aryl methyl sites for hydroxylation is 1. The second-order valence-electron chi connectivity index (χ2n) is 7.68. The number of fused-ring (bicyclic) bond motifs is 1. The lowest BCUT2D eigenvalue weighted by Gasteiger charge is -2.13. The molecule has 0 saturated heterocycles. The summed E-state index contributed by atoms with van der Waals surface area (Å²) in [6, 6.07) is 17.1. The van der Waals surface area contributed by atoms with E-state index in [1.807, 2.05) is 54.2 Å². The highest BCUT2D eigenvalue weighted by atomic mass is 35.5. The summed E-state index contributed by atoms with van der Waals surface area (Å²) in [5.74, 6) is 0. The first-order valence-electron chi connectivity index (χ1n) is 10.5. The third kappa shape index (κ3) is 4.60. The van der Waals surface area contributed by atoms with Crippen LogP contribution in [0.2, 0.25) is 5.02 Å². The van der Waals surface area contributed by atoms with E-state index in [0.29, 0.717) is 27.4 Å². The molecule has 0 saturated carbocycles. The van der Waals surface area contributed by atoms with Gasteiger partial charge >= 0.3 is 0 Å². The van der Waals surface area contributed by atoms with E-state index >= 15 is 0 Å². The molecule has 0 bridgehead atoms. The van der Waals surface area contributed by atoms with Crippen molar-refractivity contribution in [3.05, 3.63) is 89.5 Å². The zero-order chi connectivity index (χ0) is 24.4. The maximum absolute atomic E-state index is 10.9. The number of halogens is 1. The highest BCUT2D eigenvalue weighted by molar-refractivity contribution is 7.99. The monoisotopic (exact) mass is 496 g/mol. The smallest absolute Gasteiger partial charge is 0.172 e. The zero-order valence-corrected chi connectivity index (χ0v) is 20.0. The van der Waals surface area contributed by atoms with Crippen LogP contribution in [-0.4, -0.2) is 25.8 Å². The maximum Gasteiger partial charge on any atom is 0.172 e. The molecule has 0 radical (unpaired) electrons.